The van der Waals surface area contributed by atoms with Crippen LogP contribution in [0, 0.1) is 19.7 Å². The molecule has 0 fully saturated rings. The van der Waals surface area contributed by atoms with Gasteiger partial charge in [-0.1, -0.05) is 0 Å². The van der Waals surface area contributed by atoms with Gasteiger partial charge in [0.1, 0.15) is 5.82 Å². The molecule has 0 saturated heterocycles. The molecule has 0 radical (unpaired) electrons. The number of benzene rings is 1. The minimum absolute atomic E-state index is 0.0652. The molecule has 1 rings (SSSR count). The molecular formula is C13H21FN2O3S. The van der Waals surface area contributed by atoms with E-state index in [1.807, 2.05) is 6.92 Å². The zero-order valence-electron chi connectivity index (χ0n) is 12.2. The van der Waals surface area contributed by atoms with Crippen molar-refractivity contribution < 1.29 is 17.5 Å². The second kappa shape index (κ2) is 6.51. The van der Waals surface area contributed by atoms with E-state index in [1.165, 1.54) is 18.3 Å². The zero-order valence-corrected chi connectivity index (χ0v) is 13.1. The number of aryl methyl sites for hydroxylation is 1. The van der Waals surface area contributed by atoms with E-state index in [0.717, 1.165) is 6.07 Å². The molecule has 0 aliphatic heterocycles. The lowest BCUT2D eigenvalue weighted by molar-refractivity contribution is 0.138. The molecule has 114 valence electrons. The Morgan fingerprint density at radius 2 is 2.00 bits per heavy atom. The first kappa shape index (κ1) is 16.9. The van der Waals surface area contributed by atoms with Gasteiger partial charge in [0.25, 0.3) is 0 Å². The van der Waals surface area contributed by atoms with Gasteiger partial charge in [0.05, 0.1) is 17.2 Å². The Morgan fingerprint density at radius 3 is 2.55 bits per heavy atom. The Labute approximate surface area is 119 Å². The minimum Gasteiger partial charge on any atom is -0.396 e. The summed E-state index contributed by atoms with van der Waals surface area (Å²) < 4.78 is 44.9. The van der Waals surface area contributed by atoms with Crippen LogP contribution in [0.25, 0.3) is 0 Å². The topological polar surface area (TPSA) is 72.6 Å². The van der Waals surface area contributed by atoms with Crippen LogP contribution >= 0.6 is 0 Å². The van der Waals surface area contributed by atoms with E-state index < -0.39 is 15.8 Å². The summed E-state index contributed by atoms with van der Waals surface area (Å²) in [5, 5.41) is 0. The highest BCUT2D eigenvalue weighted by Crippen LogP contribution is 2.29. The number of sulfonamides is 1. The maximum Gasteiger partial charge on any atom is 0.243 e. The van der Waals surface area contributed by atoms with Gasteiger partial charge in [-0.05, 0) is 38.0 Å². The van der Waals surface area contributed by atoms with E-state index in [0.29, 0.717) is 18.8 Å². The van der Waals surface area contributed by atoms with Crippen molar-refractivity contribution >= 4 is 15.7 Å². The number of nitrogens with zero attached hydrogens (tertiary/aromatic N) is 1. The van der Waals surface area contributed by atoms with E-state index in [2.05, 4.69) is 0 Å². The van der Waals surface area contributed by atoms with Crippen molar-refractivity contribution in [3.05, 3.63) is 23.0 Å². The molecule has 0 heterocycles. The van der Waals surface area contributed by atoms with Crippen molar-refractivity contribution in [2.75, 3.05) is 32.5 Å². The monoisotopic (exact) mass is 304 g/mol. The van der Waals surface area contributed by atoms with Gasteiger partial charge in [-0.2, -0.15) is 4.31 Å². The van der Waals surface area contributed by atoms with Gasteiger partial charge in [-0.25, -0.2) is 12.8 Å². The normalized spacial score (nSPS) is 12.1. The van der Waals surface area contributed by atoms with Crippen molar-refractivity contribution in [1.82, 2.24) is 4.31 Å². The highest BCUT2D eigenvalue weighted by atomic mass is 32.2. The lowest BCUT2D eigenvalue weighted by atomic mass is 10.1. The fourth-order valence-electron chi connectivity index (χ4n) is 1.94. The summed E-state index contributed by atoms with van der Waals surface area (Å²) in [4.78, 5) is 0.0652. The van der Waals surface area contributed by atoms with Gasteiger partial charge in [0, 0.05) is 20.2 Å². The van der Waals surface area contributed by atoms with Crippen LogP contribution < -0.4 is 5.73 Å². The average Bonchev–Trinajstić information content (AvgIpc) is 2.35. The summed E-state index contributed by atoms with van der Waals surface area (Å²) >= 11 is 0. The molecule has 1 aromatic carbocycles. The first-order chi connectivity index (χ1) is 9.23. The van der Waals surface area contributed by atoms with E-state index in [-0.39, 0.29) is 22.7 Å². The zero-order chi connectivity index (χ0) is 15.5. The molecule has 0 unspecified atom stereocenters. The molecule has 0 amide bonds. The van der Waals surface area contributed by atoms with Crippen LogP contribution in [0.15, 0.2) is 11.0 Å². The molecule has 0 saturated carbocycles. The predicted octanol–water partition coefficient (Wildman–Crippen LogP) is 1.68. The van der Waals surface area contributed by atoms with Gasteiger partial charge in [-0.15, -0.1) is 0 Å². The van der Waals surface area contributed by atoms with Crippen molar-refractivity contribution in [1.29, 1.82) is 0 Å². The van der Waals surface area contributed by atoms with E-state index in [1.54, 1.807) is 6.92 Å². The number of nitrogen functional groups attached to an aromatic ring is 1. The Balaban J connectivity index is 3.19. The molecule has 5 nitrogen and oxygen atoms in total. The molecule has 0 atom stereocenters. The van der Waals surface area contributed by atoms with Gasteiger partial charge >= 0.3 is 0 Å². The third kappa shape index (κ3) is 3.28. The van der Waals surface area contributed by atoms with Gasteiger partial charge in [0.2, 0.25) is 10.0 Å². The van der Waals surface area contributed by atoms with Crippen LogP contribution in [0.2, 0.25) is 0 Å². The lowest BCUT2D eigenvalue weighted by Crippen LogP contribution is -2.31. The molecule has 0 aliphatic rings. The molecule has 2 N–H and O–H groups in total. The number of ether oxygens (including phenoxy) is 1. The molecule has 0 aliphatic carbocycles. The average molecular weight is 304 g/mol. The highest BCUT2D eigenvalue weighted by Gasteiger charge is 2.26. The Morgan fingerprint density at radius 1 is 1.40 bits per heavy atom. The Kier molecular flexibility index (Phi) is 5.50. The third-order valence-corrected chi connectivity index (χ3v) is 5.27. The van der Waals surface area contributed by atoms with Crippen LogP contribution in [0.1, 0.15) is 18.1 Å². The van der Waals surface area contributed by atoms with Crippen LogP contribution in [-0.2, 0) is 14.8 Å². The van der Waals surface area contributed by atoms with Gasteiger partial charge in [-0.3, -0.25) is 0 Å². The molecular weight excluding hydrogens is 283 g/mol. The van der Waals surface area contributed by atoms with Gasteiger partial charge in [0.15, 0.2) is 0 Å². The smallest absolute Gasteiger partial charge is 0.243 e. The van der Waals surface area contributed by atoms with Crippen molar-refractivity contribution in [2.24, 2.45) is 0 Å². The first-order valence-electron chi connectivity index (χ1n) is 6.32. The fourth-order valence-corrected chi connectivity index (χ4v) is 3.53. The van der Waals surface area contributed by atoms with Gasteiger partial charge < -0.3 is 10.5 Å². The summed E-state index contributed by atoms with van der Waals surface area (Å²) in [5.41, 5.74) is 6.04. The maximum atomic E-state index is 13.5. The number of hydrogen-bond acceptors (Lipinski definition) is 4. The van der Waals surface area contributed by atoms with Crippen LogP contribution in [0.4, 0.5) is 10.1 Å². The summed E-state index contributed by atoms with van der Waals surface area (Å²) in [5.74, 6) is -0.601. The first-order valence-corrected chi connectivity index (χ1v) is 7.76. The van der Waals surface area contributed by atoms with Crippen LogP contribution in [0.3, 0.4) is 0 Å². The van der Waals surface area contributed by atoms with Crippen LogP contribution in [0.5, 0.6) is 0 Å². The number of hydrogen-bond donors (Lipinski definition) is 1. The molecule has 7 heteroatoms. The second-order valence-electron chi connectivity index (χ2n) is 4.57. The number of likely N-dealkylation sites (N-methyl/N-ethyl adjacent to an activating group) is 1. The summed E-state index contributed by atoms with van der Waals surface area (Å²) in [6.45, 7) is 5.96. The van der Waals surface area contributed by atoms with Crippen molar-refractivity contribution in [3.8, 4) is 0 Å². The van der Waals surface area contributed by atoms with Crippen molar-refractivity contribution in [3.63, 3.8) is 0 Å². The predicted molar refractivity (Wildman–Crippen MR) is 76.6 cm³/mol. The number of rotatable bonds is 6. The third-order valence-electron chi connectivity index (χ3n) is 3.13. The minimum atomic E-state index is -3.71. The SMILES string of the molecule is CCOCCN(C)S(=O)(=O)c1c(C)cc(F)c(N)c1C. The molecule has 20 heavy (non-hydrogen) atoms. The van der Waals surface area contributed by atoms with E-state index >= 15 is 0 Å². The maximum absolute atomic E-state index is 13.5. The summed E-state index contributed by atoms with van der Waals surface area (Å²) in [7, 11) is -2.25. The number of halogens is 1. The molecule has 0 bridgehead atoms. The lowest BCUT2D eigenvalue weighted by Gasteiger charge is -2.21. The summed E-state index contributed by atoms with van der Waals surface area (Å²) in [6, 6.07) is 1.14. The molecule has 1 aromatic rings. The molecule has 0 spiro atoms. The number of nitrogens with two attached hydrogens (primary N) is 1. The van der Waals surface area contributed by atoms with E-state index in [9.17, 15) is 12.8 Å². The number of anilines is 1. The largest absolute Gasteiger partial charge is 0.396 e. The summed E-state index contributed by atoms with van der Waals surface area (Å²) in [6.07, 6.45) is 0. The van der Waals surface area contributed by atoms with Crippen LogP contribution in [-0.4, -0.2) is 39.5 Å². The molecule has 0 aromatic heterocycles. The second-order valence-corrected chi connectivity index (χ2v) is 6.55. The van der Waals surface area contributed by atoms with E-state index in [4.69, 9.17) is 10.5 Å². The fraction of sp³-hybridized carbons (Fsp3) is 0.538. The Hall–Kier alpha value is -1.18. The van der Waals surface area contributed by atoms with Crippen molar-refractivity contribution in [2.45, 2.75) is 25.7 Å². The quantitative estimate of drug-likeness (QED) is 0.641. The standard InChI is InChI=1S/C13H21FN2O3S/c1-5-19-7-6-16(4)20(17,18)13-9(2)8-11(14)12(15)10(13)3/h8H,5-7,15H2,1-4H3. The Bertz CT molecular complexity index is 588. The highest BCUT2D eigenvalue weighted by molar-refractivity contribution is 7.89.